The molecule has 0 saturated heterocycles. The van der Waals surface area contributed by atoms with Crippen molar-refractivity contribution in [3.05, 3.63) is 45.1 Å². The number of alkyl halides is 2. The first-order chi connectivity index (χ1) is 10.9. The van der Waals surface area contributed by atoms with Gasteiger partial charge in [-0.15, -0.1) is 11.3 Å². The molecule has 2 N–H and O–H groups in total. The number of nitrogens with one attached hydrogen (secondary N) is 2. The monoisotopic (exact) mass is 404 g/mol. The van der Waals surface area contributed by atoms with Gasteiger partial charge in [0.1, 0.15) is 5.75 Å². The molecule has 2 amide bonds. The number of hydrogen-bond acceptors (Lipinski definition) is 4. The van der Waals surface area contributed by atoms with E-state index < -0.39 is 12.5 Å². The number of ether oxygens (including phenoxy) is 1. The molecule has 1 heterocycles. The molecule has 0 saturated carbocycles. The van der Waals surface area contributed by atoms with Crippen molar-refractivity contribution >= 4 is 44.8 Å². The fraction of sp³-hybridized carbons (Fsp3) is 0.143. The molecule has 23 heavy (non-hydrogen) atoms. The van der Waals surface area contributed by atoms with Gasteiger partial charge in [-0.1, -0.05) is 6.07 Å². The molecule has 1 aromatic carbocycles. The minimum absolute atomic E-state index is 0.0646. The summed E-state index contributed by atoms with van der Waals surface area (Å²) in [6.45, 7) is -3.18. The van der Waals surface area contributed by atoms with Crippen molar-refractivity contribution in [3.63, 3.8) is 0 Å². The van der Waals surface area contributed by atoms with Crippen molar-refractivity contribution in [2.75, 3.05) is 11.9 Å². The van der Waals surface area contributed by atoms with Gasteiger partial charge in [0.2, 0.25) is 5.91 Å². The molecule has 0 unspecified atom stereocenters. The van der Waals surface area contributed by atoms with Gasteiger partial charge in [-0.2, -0.15) is 8.78 Å². The number of amides is 2. The normalized spacial score (nSPS) is 10.4. The van der Waals surface area contributed by atoms with E-state index >= 15 is 0 Å². The zero-order chi connectivity index (χ0) is 16.8. The summed E-state index contributed by atoms with van der Waals surface area (Å²) < 4.78 is 29.3. The van der Waals surface area contributed by atoms with Crippen LogP contribution in [0.4, 0.5) is 14.5 Å². The van der Waals surface area contributed by atoms with E-state index in [4.69, 9.17) is 0 Å². The summed E-state index contributed by atoms with van der Waals surface area (Å²) in [6.07, 6.45) is 0. The Kier molecular flexibility index (Phi) is 6.05. The molecule has 1 aromatic heterocycles. The van der Waals surface area contributed by atoms with Crippen molar-refractivity contribution < 1.29 is 23.1 Å². The molecule has 0 aliphatic rings. The summed E-state index contributed by atoms with van der Waals surface area (Å²) in [6, 6.07) is 8.96. The smallest absolute Gasteiger partial charge is 0.387 e. The van der Waals surface area contributed by atoms with Gasteiger partial charge in [0, 0.05) is 11.8 Å². The third-order valence-corrected chi connectivity index (χ3v) is 4.17. The average Bonchev–Trinajstić information content (AvgIpc) is 2.91. The van der Waals surface area contributed by atoms with Crippen molar-refractivity contribution in [1.82, 2.24) is 5.32 Å². The van der Waals surface area contributed by atoms with Crippen LogP contribution in [-0.2, 0) is 4.79 Å². The number of rotatable bonds is 6. The van der Waals surface area contributed by atoms with E-state index in [1.165, 1.54) is 35.6 Å². The number of thiophene rings is 1. The Bertz CT molecular complexity index is 709. The summed E-state index contributed by atoms with van der Waals surface area (Å²) in [4.78, 5) is 24.0. The summed E-state index contributed by atoms with van der Waals surface area (Å²) in [5.41, 5.74) is 0.293. The lowest BCUT2D eigenvalue weighted by Gasteiger charge is -2.09. The largest absolute Gasteiger partial charge is 0.435 e. The van der Waals surface area contributed by atoms with E-state index in [9.17, 15) is 18.4 Å². The van der Waals surface area contributed by atoms with Crippen LogP contribution in [0.1, 0.15) is 9.67 Å². The highest BCUT2D eigenvalue weighted by atomic mass is 79.9. The molecule has 2 aromatic rings. The zero-order valence-electron chi connectivity index (χ0n) is 11.5. The minimum atomic E-state index is -2.94. The Labute approximate surface area is 142 Å². The Hall–Kier alpha value is -2.00. The van der Waals surface area contributed by atoms with Crippen LogP contribution in [0, 0.1) is 0 Å². The van der Waals surface area contributed by atoms with Crippen LogP contribution >= 0.6 is 27.3 Å². The molecule has 9 heteroatoms. The van der Waals surface area contributed by atoms with Crippen LogP contribution < -0.4 is 15.4 Å². The van der Waals surface area contributed by atoms with E-state index in [1.54, 1.807) is 12.1 Å². The molecule has 0 fully saturated rings. The van der Waals surface area contributed by atoms with Crippen LogP contribution in [0.2, 0.25) is 0 Å². The first-order valence-electron chi connectivity index (χ1n) is 6.32. The Balaban J connectivity index is 1.86. The van der Waals surface area contributed by atoms with E-state index in [2.05, 4.69) is 31.3 Å². The van der Waals surface area contributed by atoms with Gasteiger partial charge in [0.15, 0.2) is 0 Å². The molecule has 0 aliphatic heterocycles. The quantitative estimate of drug-likeness (QED) is 0.774. The molecule has 0 aliphatic carbocycles. The molecule has 5 nitrogen and oxygen atoms in total. The van der Waals surface area contributed by atoms with Crippen molar-refractivity contribution in [2.45, 2.75) is 6.61 Å². The molecule has 0 atom stereocenters. The fourth-order valence-electron chi connectivity index (χ4n) is 1.64. The van der Waals surface area contributed by atoms with E-state index in [0.717, 1.165) is 3.79 Å². The second-order valence-corrected chi connectivity index (χ2v) is 6.70. The fourth-order valence-corrected chi connectivity index (χ4v) is 2.94. The number of hydrogen-bond donors (Lipinski definition) is 2. The number of carbonyl (C=O) groups is 2. The van der Waals surface area contributed by atoms with E-state index in [0.29, 0.717) is 10.6 Å². The summed E-state index contributed by atoms with van der Waals surface area (Å²) >= 11 is 4.49. The molecular formula is C14H11BrF2N2O3S. The van der Waals surface area contributed by atoms with Crippen molar-refractivity contribution in [3.8, 4) is 5.75 Å². The van der Waals surface area contributed by atoms with Crippen LogP contribution in [0.5, 0.6) is 5.75 Å². The average molecular weight is 405 g/mol. The lowest BCUT2D eigenvalue weighted by atomic mass is 10.3. The third-order valence-electron chi connectivity index (χ3n) is 2.55. The number of benzene rings is 1. The zero-order valence-corrected chi connectivity index (χ0v) is 13.9. The molecule has 0 radical (unpaired) electrons. The highest BCUT2D eigenvalue weighted by Crippen LogP contribution is 2.22. The lowest BCUT2D eigenvalue weighted by molar-refractivity contribution is -0.115. The Morgan fingerprint density at radius 2 is 2.04 bits per heavy atom. The second-order valence-electron chi connectivity index (χ2n) is 4.24. The maximum atomic E-state index is 12.1. The first kappa shape index (κ1) is 17.4. The van der Waals surface area contributed by atoms with Crippen molar-refractivity contribution in [2.24, 2.45) is 0 Å². The van der Waals surface area contributed by atoms with Gasteiger partial charge in [-0.3, -0.25) is 9.59 Å². The third kappa shape index (κ3) is 5.61. The van der Waals surface area contributed by atoms with E-state index in [1.807, 2.05) is 0 Å². The molecular weight excluding hydrogens is 394 g/mol. The van der Waals surface area contributed by atoms with Gasteiger partial charge >= 0.3 is 6.61 Å². The SMILES string of the molecule is O=C(CNC(=O)c1ccc(Br)s1)Nc1cccc(OC(F)F)c1. The summed E-state index contributed by atoms with van der Waals surface area (Å²) in [5, 5.41) is 4.95. The summed E-state index contributed by atoms with van der Waals surface area (Å²) in [5.74, 6) is -0.918. The number of carbonyl (C=O) groups excluding carboxylic acids is 2. The molecule has 122 valence electrons. The second kappa shape index (κ2) is 8.02. The number of halogens is 3. The van der Waals surface area contributed by atoms with Gasteiger partial charge in [-0.25, -0.2) is 0 Å². The Morgan fingerprint density at radius 3 is 2.70 bits per heavy atom. The first-order valence-corrected chi connectivity index (χ1v) is 7.93. The van der Waals surface area contributed by atoms with Gasteiger partial charge < -0.3 is 15.4 Å². The van der Waals surface area contributed by atoms with Crippen LogP contribution in [0.25, 0.3) is 0 Å². The highest BCUT2D eigenvalue weighted by molar-refractivity contribution is 9.11. The standard InChI is InChI=1S/C14H11BrF2N2O3S/c15-11-5-4-10(23-11)13(21)18-7-12(20)19-8-2-1-3-9(6-8)22-14(16)17/h1-6,14H,7H2,(H,18,21)(H,19,20). The van der Waals surface area contributed by atoms with Crippen LogP contribution in [-0.4, -0.2) is 25.0 Å². The summed E-state index contributed by atoms with van der Waals surface area (Å²) in [7, 11) is 0. The van der Waals surface area contributed by atoms with Gasteiger partial charge in [0.05, 0.1) is 15.2 Å². The molecule has 0 bridgehead atoms. The lowest BCUT2D eigenvalue weighted by Crippen LogP contribution is -2.32. The molecule has 2 rings (SSSR count). The topological polar surface area (TPSA) is 67.4 Å². The minimum Gasteiger partial charge on any atom is -0.435 e. The van der Waals surface area contributed by atoms with Gasteiger partial charge in [-0.05, 0) is 40.2 Å². The molecule has 0 spiro atoms. The highest BCUT2D eigenvalue weighted by Gasteiger charge is 2.11. The predicted octanol–water partition coefficient (Wildman–Crippen LogP) is 3.48. The van der Waals surface area contributed by atoms with E-state index in [-0.39, 0.29) is 18.2 Å². The predicted molar refractivity (Wildman–Crippen MR) is 86.1 cm³/mol. The maximum absolute atomic E-state index is 12.1. The Morgan fingerprint density at radius 1 is 1.26 bits per heavy atom. The van der Waals surface area contributed by atoms with Crippen molar-refractivity contribution in [1.29, 1.82) is 0 Å². The maximum Gasteiger partial charge on any atom is 0.387 e. The number of anilines is 1. The van der Waals surface area contributed by atoms with Crippen LogP contribution in [0.15, 0.2) is 40.2 Å². The van der Waals surface area contributed by atoms with Crippen LogP contribution in [0.3, 0.4) is 0 Å². The van der Waals surface area contributed by atoms with Gasteiger partial charge in [0.25, 0.3) is 5.91 Å².